The van der Waals surface area contributed by atoms with Crippen LogP contribution in [0.3, 0.4) is 0 Å². The van der Waals surface area contributed by atoms with Crippen LogP contribution in [0.5, 0.6) is 0 Å². The van der Waals surface area contributed by atoms with Crippen LogP contribution in [0.15, 0.2) is 0 Å². The van der Waals surface area contributed by atoms with Crippen LogP contribution in [0.2, 0.25) is 0 Å². The molecule has 0 spiro atoms. The van der Waals surface area contributed by atoms with E-state index in [9.17, 15) is 8.42 Å². The van der Waals surface area contributed by atoms with Crippen molar-refractivity contribution in [3.05, 3.63) is 0 Å². The molecule has 0 aromatic carbocycles. The molecular formula is C9H17NO2S. The zero-order chi connectivity index (χ0) is 9.31. The van der Waals surface area contributed by atoms with Gasteiger partial charge in [-0.05, 0) is 18.8 Å². The predicted molar refractivity (Wildman–Crippen MR) is 52.4 cm³/mol. The molecule has 0 amide bonds. The summed E-state index contributed by atoms with van der Waals surface area (Å²) in [5.74, 6) is 0.784. The second-order valence-corrected chi connectivity index (χ2v) is 6.49. The highest BCUT2D eigenvalue weighted by atomic mass is 32.2. The lowest BCUT2D eigenvalue weighted by Gasteiger charge is -2.27. The lowest BCUT2D eigenvalue weighted by atomic mass is 10.0. The van der Waals surface area contributed by atoms with Crippen molar-refractivity contribution < 1.29 is 8.42 Å². The molecule has 2 fully saturated rings. The van der Waals surface area contributed by atoms with Gasteiger partial charge in [-0.3, -0.25) is 0 Å². The van der Waals surface area contributed by atoms with Gasteiger partial charge in [-0.15, -0.1) is 0 Å². The molecule has 3 nitrogen and oxygen atoms in total. The van der Waals surface area contributed by atoms with Gasteiger partial charge in [-0.2, -0.15) is 0 Å². The van der Waals surface area contributed by atoms with Gasteiger partial charge in [0.1, 0.15) is 0 Å². The van der Waals surface area contributed by atoms with E-state index in [2.05, 4.69) is 5.32 Å². The Bertz CT molecular complexity index is 267. The molecule has 1 saturated carbocycles. The fraction of sp³-hybridized carbons (Fsp3) is 1.00. The van der Waals surface area contributed by atoms with Gasteiger partial charge in [-0.1, -0.05) is 12.8 Å². The molecule has 2 rings (SSSR count). The lowest BCUT2D eigenvalue weighted by molar-refractivity contribution is 0.449. The standard InChI is InChI=1S/C9H17NO2S/c11-13(12)6-5-10-7-9(13)8-3-1-2-4-8/h8-10H,1-7H2. The van der Waals surface area contributed by atoms with E-state index in [-0.39, 0.29) is 5.25 Å². The summed E-state index contributed by atoms with van der Waals surface area (Å²) < 4.78 is 23.5. The maximum Gasteiger partial charge on any atom is 0.155 e. The van der Waals surface area contributed by atoms with Crippen molar-refractivity contribution in [2.24, 2.45) is 5.92 Å². The average molecular weight is 203 g/mol. The summed E-state index contributed by atoms with van der Waals surface area (Å²) in [5.41, 5.74) is 0. The van der Waals surface area contributed by atoms with Gasteiger partial charge in [0, 0.05) is 13.1 Å². The first kappa shape index (κ1) is 9.46. The van der Waals surface area contributed by atoms with Crippen molar-refractivity contribution in [1.29, 1.82) is 0 Å². The van der Waals surface area contributed by atoms with Crippen molar-refractivity contribution in [3.8, 4) is 0 Å². The first-order valence-corrected chi connectivity index (χ1v) is 6.84. The number of sulfone groups is 1. The fourth-order valence-electron chi connectivity index (χ4n) is 2.53. The van der Waals surface area contributed by atoms with E-state index in [1.165, 1.54) is 12.8 Å². The maximum atomic E-state index is 11.7. The van der Waals surface area contributed by atoms with E-state index >= 15 is 0 Å². The van der Waals surface area contributed by atoms with E-state index < -0.39 is 9.84 Å². The SMILES string of the molecule is O=S1(=O)CCNCC1C1CCCC1. The molecule has 1 unspecified atom stereocenters. The predicted octanol–water partition coefficient (Wildman–Crippen LogP) is 0.563. The summed E-state index contributed by atoms with van der Waals surface area (Å²) in [5, 5.41) is 3.11. The van der Waals surface area contributed by atoms with Crippen LogP contribution >= 0.6 is 0 Å². The van der Waals surface area contributed by atoms with E-state index in [1.807, 2.05) is 0 Å². The molecule has 2 aliphatic rings. The molecule has 1 saturated heterocycles. The molecule has 1 aliphatic carbocycles. The Balaban J connectivity index is 2.11. The lowest BCUT2D eigenvalue weighted by Crippen LogP contribution is -2.47. The molecule has 0 radical (unpaired) electrons. The van der Waals surface area contributed by atoms with Crippen LogP contribution in [-0.2, 0) is 9.84 Å². The monoisotopic (exact) mass is 203 g/mol. The van der Waals surface area contributed by atoms with E-state index in [0.717, 1.165) is 12.8 Å². The third-order valence-electron chi connectivity index (χ3n) is 3.30. The van der Waals surface area contributed by atoms with Gasteiger partial charge in [0.15, 0.2) is 9.84 Å². The van der Waals surface area contributed by atoms with Gasteiger partial charge in [0.25, 0.3) is 0 Å². The Morgan fingerprint density at radius 2 is 1.85 bits per heavy atom. The molecule has 0 aromatic heterocycles. The summed E-state index contributed by atoms with van der Waals surface area (Å²) in [6.45, 7) is 1.33. The molecule has 13 heavy (non-hydrogen) atoms. The number of rotatable bonds is 1. The summed E-state index contributed by atoms with van der Waals surface area (Å²) in [6.07, 6.45) is 4.67. The topological polar surface area (TPSA) is 46.2 Å². The van der Waals surface area contributed by atoms with Crippen molar-refractivity contribution >= 4 is 9.84 Å². The first-order valence-electron chi connectivity index (χ1n) is 5.12. The largest absolute Gasteiger partial charge is 0.314 e. The van der Waals surface area contributed by atoms with Crippen LogP contribution < -0.4 is 5.32 Å². The number of hydrogen-bond acceptors (Lipinski definition) is 3. The fourth-order valence-corrected chi connectivity index (χ4v) is 4.49. The van der Waals surface area contributed by atoms with Crippen molar-refractivity contribution in [1.82, 2.24) is 5.32 Å². The van der Waals surface area contributed by atoms with Crippen molar-refractivity contribution in [2.75, 3.05) is 18.8 Å². The second kappa shape index (κ2) is 3.58. The van der Waals surface area contributed by atoms with E-state index in [4.69, 9.17) is 0 Å². The third kappa shape index (κ3) is 1.89. The molecule has 1 N–H and O–H groups in total. The molecule has 4 heteroatoms. The van der Waals surface area contributed by atoms with Crippen LogP contribution in [0.25, 0.3) is 0 Å². The van der Waals surface area contributed by atoms with Gasteiger partial charge in [0.05, 0.1) is 11.0 Å². The molecule has 1 aliphatic heterocycles. The quantitative estimate of drug-likeness (QED) is 0.677. The van der Waals surface area contributed by atoms with Crippen molar-refractivity contribution in [3.63, 3.8) is 0 Å². The van der Waals surface area contributed by atoms with E-state index in [1.54, 1.807) is 0 Å². The molecule has 1 atom stereocenters. The van der Waals surface area contributed by atoms with Crippen LogP contribution in [0.4, 0.5) is 0 Å². The third-order valence-corrected chi connectivity index (χ3v) is 5.54. The smallest absolute Gasteiger partial charge is 0.155 e. The summed E-state index contributed by atoms with van der Waals surface area (Å²) in [7, 11) is -2.77. The molecule has 76 valence electrons. The zero-order valence-electron chi connectivity index (χ0n) is 7.83. The Kier molecular flexibility index (Phi) is 2.60. The van der Waals surface area contributed by atoms with Crippen molar-refractivity contribution in [2.45, 2.75) is 30.9 Å². The minimum atomic E-state index is -2.77. The van der Waals surface area contributed by atoms with Crippen LogP contribution in [0, 0.1) is 5.92 Å². The molecule has 0 aromatic rings. The minimum Gasteiger partial charge on any atom is -0.314 e. The number of hydrogen-bond donors (Lipinski definition) is 1. The molecule has 1 heterocycles. The van der Waals surface area contributed by atoms with Gasteiger partial charge >= 0.3 is 0 Å². The minimum absolute atomic E-state index is 0.0799. The summed E-state index contributed by atoms with van der Waals surface area (Å²) >= 11 is 0. The van der Waals surface area contributed by atoms with Gasteiger partial charge < -0.3 is 5.32 Å². The Morgan fingerprint density at radius 1 is 1.15 bits per heavy atom. The van der Waals surface area contributed by atoms with Gasteiger partial charge in [-0.25, -0.2) is 8.42 Å². The maximum absolute atomic E-state index is 11.7. The average Bonchev–Trinajstić information content (AvgIpc) is 2.55. The highest BCUT2D eigenvalue weighted by molar-refractivity contribution is 7.92. The first-order chi connectivity index (χ1) is 6.20. The van der Waals surface area contributed by atoms with Crippen LogP contribution in [0.1, 0.15) is 25.7 Å². The van der Waals surface area contributed by atoms with E-state index in [0.29, 0.717) is 24.8 Å². The van der Waals surface area contributed by atoms with Crippen LogP contribution in [-0.4, -0.2) is 32.5 Å². The Labute approximate surface area is 79.8 Å². The zero-order valence-corrected chi connectivity index (χ0v) is 8.65. The molecule has 0 bridgehead atoms. The summed E-state index contributed by atoms with van der Waals surface area (Å²) in [6, 6.07) is 0. The number of nitrogens with one attached hydrogen (secondary N) is 1. The van der Waals surface area contributed by atoms with Gasteiger partial charge in [0.2, 0.25) is 0 Å². The normalized spacial score (nSPS) is 34.9. The highest BCUT2D eigenvalue weighted by Gasteiger charge is 2.36. The Hall–Kier alpha value is -0.0900. The summed E-state index contributed by atoms with van der Waals surface area (Å²) in [4.78, 5) is 0. The molecular weight excluding hydrogens is 186 g/mol. The Morgan fingerprint density at radius 3 is 2.46 bits per heavy atom. The second-order valence-electron chi connectivity index (χ2n) is 4.15. The highest BCUT2D eigenvalue weighted by Crippen LogP contribution is 2.31.